The second-order valence-corrected chi connectivity index (χ2v) is 8.23. The molecular weight excluding hydrogens is 390 g/mol. The third-order valence-electron chi connectivity index (χ3n) is 4.80. The Balaban J connectivity index is 1.42. The summed E-state index contributed by atoms with van der Waals surface area (Å²) in [6, 6.07) is 7.93. The highest BCUT2D eigenvalue weighted by Gasteiger charge is 2.22. The van der Waals surface area contributed by atoms with Crippen LogP contribution in [0.25, 0.3) is 0 Å². The summed E-state index contributed by atoms with van der Waals surface area (Å²) in [5.74, 6) is 0.892. The monoisotopic (exact) mass is 417 g/mol. The van der Waals surface area contributed by atoms with Crippen LogP contribution >= 0.6 is 11.3 Å². The van der Waals surface area contributed by atoms with Crippen LogP contribution in [-0.2, 0) is 9.59 Å². The zero-order valence-corrected chi connectivity index (χ0v) is 17.9. The van der Waals surface area contributed by atoms with E-state index in [1.807, 2.05) is 43.0 Å². The average molecular weight is 418 g/mol. The Hall–Kier alpha value is -2.68. The van der Waals surface area contributed by atoms with Gasteiger partial charge in [0.25, 0.3) is 0 Å². The number of nitrogens with zero attached hydrogens (tertiary/aromatic N) is 4. The molecule has 1 aliphatic heterocycles. The molecule has 2 heterocycles. The van der Waals surface area contributed by atoms with Crippen molar-refractivity contribution in [1.82, 2.24) is 15.1 Å². The lowest BCUT2D eigenvalue weighted by Crippen LogP contribution is -2.48. The van der Waals surface area contributed by atoms with Gasteiger partial charge in [0.2, 0.25) is 16.9 Å². The number of carbonyl (C=O) groups excluding carboxylic acids is 2. The molecule has 0 unspecified atom stereocenters. The van der Waals surface area contributed by atoms with Crippen molar-refractivity contribution in [2.75, 3.05) is 43.5 Å². The van der Waals surface area contributed by atoms with Crippen LogP contribution in [0, 0.1) is 0 Å². The maximum absolute atomic E-state index is 12.5. The fourth-order valence-corrected chi connectivity index (χ4v) is 3.86. The summed E-state index contributed by atoms with van der Waals surface area (Å²) < 4.78 is 5.28. The zero-order valence-electron chi connectivity index (χ0n) is 17.1. The summed E-state index contributed by atoms with van der Waals surface area (Å²) in [6.07, 6.45) is 0.340. The van der Waals surface area contributed by atoms with Gasteiger partial charge < -0.3 is 19.9 Å². The second kappa shape index (κ2) is 9.69. The first-order chi connectivity index (χ1) is 14.0. The fraction of sp³-hybridized carbons (Fsp3) is 0.500. The maximum Gasteiger partial charge on any atom is 0.226 e. The number of rotatable bonds is 7. The van der Waals surface area contributed by atoms with E-state index in [2.05, 4.69) is 20.4 Å². The molecule has 1 saturated heterocycles. The number of aromatic nitrogens is 2. The number of amides is 2. The Kier molecular flexibility index (Phi) is 7.03. The summed E-state index contributed by atoms with van der Waals surface area (Å²) in [7, 11) is 1.65. The number of methoxy groups -OCH3 is 1. The average Bonchev–Trinajstić information content (AvgIpc) is 3.21. The number of nitrogens with one attached hydrogen (secondary N) is 1. The van der Waals surface area contributed by atoms with Gasteiger partial charge in [0.05, 0.1) is 7.11 Å². The fourth-order valence-electron chi connectivity index (χ4n) is 3.10. The van der Waals surface area contributed by atoms with Crippen molar-refractivity contribution in [2.24, 2.45) is 0 Å². The largest absolute Gasteiger partial charge is 0.497 e. The minimum absolute atomic E-state index is 0.00516. The van der Waals surface area contributed by atoms with Crippen molar-refractivity contribution in [3.05, 3.63) is 29.3 Å². The molecule has 1 aromatic heterocycles. The number of hydrogen-bond acceptors (Lipinski definition) is 7. The zero-order chi connectivity index (χ0) is 20.8. The molecule has 1 aromatic carbocycles. The first-order valence-electron chi connectivity index (χ1n) is 9.76. The summed E-state index contributed by atoms with van der Waals surface area (Å²) in [4.78, 5) is 28.6. The van der Waals surface area contributed by atoms with Crippen LogP contribution in [0.5, 0.6) is 5.75 Å². The molecule has 1 aliphatic rings. The van der Waals surface area contributed by atoms with Crippen molar-refractivity contribution in [3.8, 4) is 5.75 Å². The van der Waals surface area contributed by atoms with Crippen molar-refractivity contribution in [1.29, 1.82) is 0 Å². The summed E-state index contributed by atoms with van der Waals surface area (Å²) in [5, 5.41) is 12.1. The van der Waals surface area contributed by atoms with E-state index in [-0.39, 0.29) is 30.6 Å². The maximum atomic E-state index is 12.5. The molecule has 156 valence electrons. The van der Waals surface area contributed by atoms with E-state index in [0.717, 1.165) is 29.5 Å². The molecule has 0 radical (unpaired) electrons. The molecular formula is C20H27N5O3S. The molecule has 0 bridgehead atoms. The highest BCUT2D eigenvalue weighted by molar-refractivity contribution is 7.15. The highest BCUT2D eigenvalue weighted by Crippen LogP contribution is 2.23. The lowest BCUT2D eigenvalue weighted by atomic mass is 10.2. The molecule has 0 spiro atoms. The Labute approximate surface area is 174 Å². The smallest absolute Gasteiger partial charge is 0.226 e. The number of benzene rings is 1. The molecule has 0 aliphatic carbocycles. The Morgan fingerprint density at radius 2 is 1.93 bits per heavy atom. The van der Waals surface area contributed by atoms with Gasteiger partial charge in [-0.05, 0) is 12.1 Å². The molecule has 2 amide bonds. The van der Waals surface area contributed by atoms with Gasteiger partial charge in [0.1, 0.15) is 10.8 Å². The standard InChI is InChI=1S/C20H27N5O3S/c1-14(2)19-22-23-20(29-19)21-17(26)7-8-18(27)25-11-9-24(10-12-25)15-5-4-6-16(13-15)28-3/h4-6,13-14H,7-12H2,1-3H3,(H,21,23,26). The van der Waals surface area contributed by atoms with Crippen LogP contribution in [0.3, 0.4) is 0 Å². The predicted molar refractivity (Wildman–Crippen MR) is 114 cm³/mol. The van der Waals surface area contributed by atoms with Gasteiger partial charge in [-0.2, -0.15) is 0 Å². The minimum atomic E-state index is -0.208. The highest BCUT2D eigenvalue weighted by atomic mass is 32.1. The van der Waals surface area contributed by atoms with Gasteiger partial charge >= 0.3 is 0 Å². The molecule has 0 saturated carbocycles. The van der Waals surface area contributed by atoms with Gasteiger partial charge in [-0.3, -0.25) is 9.59 Å². The first kappa shape index (κ1) is 21.0. The van der Waals surface area contributed by atoms with Gasteiger partial charge in [0.15, 0.2) is 0 Å². The van der Waals surface area contributed by atoms with Crippen LogP contribution < -0.4 is 15.0 Å². The van der Waals surface area contributed by atoms with Gasteiger partial charge in [-0.15, -0.1) is 10.2 Å². The van der Waals surface area contributed by atoms with E-state index < -0.39 is 0 Å². The number of hydrogen-bond donors (Lipinski definition) is 1. The number of carbonyl (C=O) groups is 2. The molecule has 2 aromatic rings. The van der Waals surface area contributed by atoms with Crippen LogP contribution in [0.15, 0.2) is 24.3 Å². The van der Waals surface area contributed by atoms with Crippen LogP contribution in [0.2, 0.25) is 0 Å². The second-order valence-electron chi connectivity index (χ2n) is 7.22. The molecule has 8 nitrogen and oxygen atoms in total. The van der Waals surface area contributed by atoms with E-state index in [4.69, 9.17) is 4.74 Å². The molecule has 9 heteroatoms. The summed E-state index contributed by atoms with van der Waals surface area (Å²) in [6.45, 7) is 6.86. The molecule has 3 rings (SSSR count). The number of piperazine rings is 1. The van der Waals surface area contributed by atoms with E-state index in [1.165, 1.54) is 11.3 Å². The lowest BCUT2D eigenvalue weighted by molar-refractivity contribution is -0.133. The van der Waals surface area contributed by atoms with Crippen molar-refractivity contribution < 1.29 is 14.3 Å². The predicted octanol–water partition coefficient (Wildman–Crippen LogP) is 2.74. The van der Waals surface area contributed by atoms with E-state index >= 15 is 0 Å². The normalized spacial score (nSPS) is 14.2. The first-order valence-corrected chi connectivity index (χ1v) is 10.6. The van der Waals surface area contributed by atoms with Crippen molar-refractivity contribution in [3.63, 3.8) is 0 Å². The minimum Gasteiger partial charge on any atom is -0.497 e. The molecule has 1 N–H and O–H groups in total. The Bertz CT molecular complexity index is 846. The lowest BCUT2D eigenvalue weighted by Gasteiger charge is -2.36. The molecule has 29 heavy (non-hydrogen) atoms. The number of ether oxygens (including phenoxy) is 1. The van der Waals surface area contributed by atoms with E-state index in [0.29, 0.717) is 18.2 Å². The van der Waals surface area contributed by atoms with Crippen LogP contribution in [0.1, 0.15) is 37.6 Å². The Morgan fingerprint density at radius 3 is 2.59 bits per heavy atom. The van der Waals surface area contributed by atoms with E-state index in [9.17, 15) is 9.59 Å². The van der Waals surface area contributed by atoms with Crippen molar-refractivity contribution >= 4 is 34.0 Å². The topological polar surface area (TPSA) is 87.7 Å². The van der Waals surface area contributed by atoms with Gasteiger partial charge in [0, 0.05) is 56.7 Å². The Morgan fingerprint density at radius 1 is 1.17 bits per heavy atom. The van der Waals surface area contributed by atoms with Crippen molar-refractivity contribution in [2.45, 2.75) is 32.6 Å². The van der Waals surface area contributed by atoms with Crippen LogP contribution in [0.4, 0.5) is 10.8 Å². The summed E-state index contributed by atoms with van der Waals surface area (Å²) in [5.41, 5.74) is 1.09. The third kappa shape index (κ3) is 5.66. The number of anilines is 2. The van der Waals surface area contributed by atoms with Crippen LogP contribution in [-0.4, -0.2) is 60.2 Å². The summed E-state index contributed by atoms with van der Waals surface area (Å²) >= 11 is 1.37. The molecule has 0 atom stereocenters. The van der Waals surface area contributed by atoms with Gasteiger partial charge in [-0.1, -0.05) is 31.3 Å². The quantitative estimate of drug-likeness (QED) is 0.745. The van der Waals surface area contributed by atoms with Gasteiger partial charge in [-0.25, -0.2) is 0 Å². The van der Waals surface area contributed by atoms with E-state index in [1.54, 1.807) is 7.11 Å². The molecule has 1 fully saturated rings. The SMILES string of the molecule is COc1cccc(N2CCN(C(=O)CCC(=O)Nc3nnc(C(C)C)s3)CC2)c1. The third-order valence-corrected chi connectivity index (χ3v) is 5.94.